The van der Waals surface area contributed by atoms with E-state index in [0.29, 0.717) is 12.6 Å². The first-order chi connectivity index (χ1) is 5.31. The number of hydrogen-bond donors (Lipinski definition) is 1. The van der Waals surface area contributed by atoms with Gasteiger partial charge in [0, 0.05) is 6.04 Å². The molecule has 2 rings (SSSR count). The lowest BCUT2D eigenvalue weighted by Crippen LogP contribution is -2.35. The highest BCUT2D eigenvalue weighted by Crippen LogP contribution is 2.40. The van der Waals surface area contributed by atoms with Crippen LogP contribution in [0.2, 0.25) is 0 Å². The molecule has 3 nitrogen and oxygen atoms in total. The molecule has 0 radical (unpaired) electrons. The van der Waals surface area contributed by atoms with Gasteiger partial charge in [-0.25, -0.2) is 0 Å². The molecule has 2 fully saturated rings. The molecule has 1 heterocycles. The van der Waals surface area contributed by atoms with Crippen molar-refractivity contribution in [3.8, 4) is 0 Å². The van der Waals surface area contributed by atoms with Crippen LogP contribution in [0.1, 0.15) is 19.8 Å². The molecule has 0 spiro atoms. The number of carbonyl (C=O) groups is 1. The average molecular weight is 155 g/mol. The Morgan fingerprint density at radius 2 is 2.45 bits per heavy atom. The van der Waals surface area contributed by atoms with Gasteiger partial charge in [0.2, 0.25) is 0 Å². The number of ether oxygens (including phenoxy) is 1. The summed E-state index contributed by atoms with van der Waals surface area (Å²) in [6.07, 6.45) is 2.25. The van der Waals surface area contributed by atoms with E-state index in [9.17, 15) is 4.79 Å². The quantitative estimate of drug-likeness (QED) is 0.583. The molecular formula is C8H13NO2. The maximum atomic E-state index is 11.1. The molecule has 1 N–H and O–H groups in total. The van der Waals surface area contributed by atoms with Gasteiger partial charge >= 0.3 is 5.97 Å². The zero-order valence-corrected chi connectivity index (χ0v) is 6.67. The minimum atomic E-state index is -0.0697. The third-order valence-electron chi connectivity index (χ3n) is 2.45. The Morgan fingerprint density at radius 1 is 1.64 bits per heavy atom. The normalized spacial score (nSPS) is 39.9. The Labute approximate surface area is 66.1 Å². The molecule has 1 saturated heterocycles. The summed E-state index contributed by atoms with van der Waals surface area (Å²) in [7, 11) is 0. The van der Waals surface area contributed by atoms with Crippen molar-refractivity contribution < 1.29 is 9.53 Å². The van der Waals surface area contributed by atoms with Crippen molar-refractivity contribution in [3.05, 3.63) is 0 Å². The second kappa shape index (κ2) is 2.48. The summed E-state index contributed by atoms with van der Waals surface area (Å²) in [4.78, 5) is 11.1. The van der Waals surface area contributed by atoms with E-state index in [1.807, 2.05) is 6.92 Å². The van der Waals surface area contributed by atoms with E-state index in [4.69, 9.17) is 4.74 Å². The Bertz CT molecular complexity index is 171. The van der Waals surface area contributed by atoms with Gasteiger partial charge in [-0.05, 0) is 25.7 Å². The van der Waals surface area contributed by atoms with Crippen molar-refractivity contribution in [2.45, 2.75) is 31.8 Å². The lowest BCUT2D eigenvalue weighted by atomic mass is 10.2. The average Bonchev–Trinajstić information content (AvgIpc) is 2.59. The predicted octanol–water partition coefficient (Wildman–Crippen LogP) is 0.300. The maximum absolute atomic E-state index is 11.1. The van der Waals surface area contributed by atoms with E-state index in [0.717, 1.165) is 12.3 Å². The number of nitrogens with one attached hydrogen (secondary N) is 1. The molecule has 2 aliphatic rings. The molecule has 0 aromatic carbocycles. The lowest BCUT2D eigenvalue weighted by Gasteiger charge is -2.10. The Morgan fingerprint density at radius 3 is 3.00 bits per heavy atom. The van der Waals surface area contributed by atoms with Gasteiger partial charge in [0.1, 0.15) is 6.04 Å². The highest BCUT2D eigenvalue weighted by molar-refractivity contribution is 5.76. The zero-order chi connectivity index (χ0) is 7.84. The van der Waals surface area contributed by atoms with Crippen molar-refractivity contribution >= 4 is 5.97 Å². The molecule has 0 aromatic heterocycles. The van der Waals surface area contributed by atoms with E-state index in [1.165, 1.54) is 6.42 Å². The minimum absolute atomic E-state index is 0.00120. The largest absolute Gasteiger partial charge is 0.465 e. The molecule has 0 bridgehead atoms. The van der Waals surface area contributed by atoms with Crippen LogP contribution in [-0.2, 0) is 9.53 Å². The fraction of sp³-hybridized carbons (Fsp3) is 0.875. The van der Waals surface area contributed by atoms with Crippen LogP contribution in [-0.4, -0.2) is 24.7 Å². The van der Waals surface area contributed by atoms with Crippen LogP contribution in [0.4, 0.5) is 0 Å². The van der Waals surface area contributed by atoms with E-state index < -0.39 is 0 Å². The molecule has 1 saturated carbocycles. The number of carbonyl (C=O) groups excluding carboxylic acids is 1. The van der Waals surface area contributed by atoms with Crippen LogP contribution in [0.3, 0.4) is 0 Å². The SMILES string of the molecule is CCOC(=O)[C@@H]1CC2CC2N1. The van der Waals surface area contributed by atoms with Gasteiger partial charge in [0.15, 0.2) is 0 Å². The van der Waals surface area contributed by atoms with Gasteiger partial charge in [-0.15, -0.1) is 0 Å². The van der Waals surface area contributed by atoms with E-state index in [1.54, 1.807) is 0 Å². The first kappa shape index (κ1) is 7.10. The minimum Gasteiger partial charge on any atom is -0.465 e. The fourth-order valence-electron chi connectivity index (χ4n) is 1.75. The first-order valence-corrected chi connectivity index (χ1v) is 4.24. The van der Waals surface area contributed by atoms with Gasteiger partial charge in [-0.2, -0.15) is 0 Å². The first-order valence-electron chi connectivity index (χ1n) is 4.24. The summed E-state index contributed by atoms with van der Waals surface area (Å²) in [6.45, 7) is 2.33. The van der Waals surface area contributed by atoms with Gasteiger partial charge in [0.25, 0.3) is 0 Å². The van der Waals surface area contributed by atoms with E-state index >= 15 is 0 Å². The molecule has 3 heteroatoms. The van der Waals surface area contributed by atoms with E-state index in [2.05, 4.69) is 5.32 Å². The highest BCUT2D eigenvalue weighted by atomic mass is 16.5. The number of esters is 1. The molecule has 2 unspecified atom stereocenters. The standard InChI is InChI=1S/C8H13NO2/c1-2-11-8(10)7-4-5-3-6(5)9-7/h5-7,9H,2-4H2,1H3/t5?,6?,7-/m0/s1. The molecule has 1 aliphatic carbocycles. The molecule has 1 aliphatic heterocycles. The van der Waals surface area contributed by atoms with Crippen LogP contribution in [0.15, 0.2) is 0 Å². The summed E-state index contributed by atoms with van der Waals surface area (Å²) in [6, 6.07) is 0.628. The molecule has 3 atom stereocenters. The monoisotopic (exact) mass is 155 g/mol. The van der Waals surface area contributed by atoms with Crippen LogP contribution < -0.4 is 5.32 Å². The molecule has 11 heavy (non-hydrogen) atoms. The van der Waals surface area contributed by atoms with Crippen molar-refractivity contribution in [3.63, 3.8) is 0 Å². The summed E-state index contributed by atoms with van der Waals surface area (Å²) >= 11 is 0. The van der Waals surface area contributed by atoms with Crippen LogP contribution >= 0.6 is 0 Å². The second-order valence-electron chi connectivity index (χ2n) is 3.31. The third kappa shape index (κ3) is 1.25. The fourth-order valence-corrected chi connectivity index (χ4v) is 1.75. The van der Waals surface area contributed by atoms with Crippen molar-refractivity contribution in [2.75, 3.05) is 6.61 Å². The smallest absolute Gasteiger partial charge is 0.323 e. The van der Waals surface area contributed by atoms with Crippen molar-refractivity contribution in [1.29, 1.82) is 0 Å². The number of rotatable bonds is 2. The Balaban J connectivity index is 1.82. The van der Waals surface area contributed by atoms with Crippen molar-refractivity contribution in [2.24, 2.45) is 5.92 Å². The number of piperidine rings is 1. The lowest BCUT2D eigenvalue weighted by molar-refractivity contribution is -0.145. The second-order valence-corrected chi connectivity index (χ2v) is 3.31. The molecule has 0 aromatic rings. The molecule has 0 amide bonds. The molecular weight excluding hydrogens is 142 g/mol. The van der Waals surface area contributed by atoms with Gasteiger partial charge in [-0.3, -0.25) is 4.79 Å². The van der Waals surface area contributed by atoms with Gasteiger partial charge in [-0.1, -0.05) is 0 Å². The highest BCUT2D eigenvalue weighted by Gasteiger charge is 2.48. The maximum Gasteiger partial charge on any atom is 0.323 e. The van der Waals surface area contributed by atoms with E-state index in [-0.39, 0.29) is 12.0 Å². The summed E-state index contributed by atoms with van der Waals surface area (Å²) in [5.74, 6) is 0.698. The number of hydrogen-bond acceptors (Lipinski definition) is 3. The third-order valence-corrected chi connectivity index (χ3v) is 2.45. The number of fused-ring (bicyclic) bond motifs is 1. The van der Waals surface area contributed by atoms with Crippen LogP contribution in [0.5, 0.6) is 0 Å². The van der Waals surface area contributed by atoms with Gasteiger partial charge < -0.3 is 10.1 Å². The summed E-state index contributed by atoms with van der Waals surface area (Å²) in [5, 5.41) is 3.24. The summed E-state index contributed by atoms with van der Waals surface area (Å²) < 4.78 is 4.89. The predicted molar refractivity (Wildman–Crippen MR) is 40.1 cm³/mol. The Hall–Kier alpha value is -0.570. The van der Waals surface area contributed by atoms with Crippen LogP contribution in [0, 0.1) is 5.92 Å². The van der Waals surface area contributed by atoms with Gasteiger partial charge in [0.05, 0.1) is 6.61 Å². The topological polar surface area (TPSA) is 38.3 Å². The zero-order valence-electron chi connectivity index (χ0n) is 6.67. The summed E-state index contributed by atoms with van der Waals surface area (Å²) in [5.41, 5.74) is 0. The molecule has 62 valence electrons. The van der Waals surface area contributed by atoms with Crippen LogP contribution in [0.25, 0.3) is 0 Å². The Kier molecular flexibility index (Phi) is 1.60. The van der Waals surface area contributed by atoms with Crippen molar-refractivity contribution in [1.82, 2.24) is 5.32 Å².